The van der Waals surface area contributed by atoms with Crippen LogP contribution in [0.2, 0.25) is 0 Å². The zero-order valence-corrected chi connectivity index (χ0v) is 19.4. The number of rotatable bonds is 10. The summed E-state index contributed by atoms with van der Waals surface area (Å²) >= 11 is 3.54. The third kappa shape index (κ3) is 6.69. The van der Waals surface area contributed by atoms with Gasteiger partial charge < -0.3 is 15.0 Å². The normalized spacial score (nSPS) is 14.2. The first-order chi connectivity index (χ1) is 15.1. The van der Waals surface area contributed by atoms with Gasteiger partial charge in [0.1, 0.15) is 5.82 Å². The summed E-state index contributed by atoms with van der Waals surface area (Å²) < 4.78 is 6.67. The number of carbonyl (C=O) groups is 1. The van der Waals surface area contributed by atoms with Crippen LogP contribution in [0.4, 0.5) is 11.5 Å². The molecule has 3 rings (SSSR count). The lowest BCUT2D eigenvalue weighted by atomic mass is 9.96. The average molecular weight is 484 g/mol. The summed E-state index contributed by atoms with van der Waals surface area (Å²) in [6.45, 7) is 10.0. The number of pyridine rings is 1. The summed E-state index contributed by atoms with van der Waals surface area (Å²) in [7, 11) is 0. The van der Waals surface area contributed by atoms with Crippen LogP contribution in [0.3, 0.4) is 0 Å². The van der Waals surface area contributed by atoms with E-state index < -0.39 is 0 Å². The molecule has 0 bridgehead atoms. The highest BCUT2D eigenvalue weighted by Crippen LogP contribution is 2.30. The van der Waals surface area contributed by atoms with Crippen molar-refractivity contribution in [1.29, 1.82) is 0 Å². The van der Waals surface area contributed by atoms with Crippen LogP contribution < -0.4 is 15.0 Å². The van der Waals surface area contributed by atoms with E-state index in [1.807, 2.05) is 36.4 Å². The standard InChI is InChI=1S/C25H30BrN3O2/c1-3-5-6-7-17-31-24-10-8-9-23(27-24)28-25(30)21-12-11-20(26)18-22(21)29-15-13-19(4-2)14-16-29/h3-4,8-12,18-19H,1-2,5-7,13-17H2,(H,27,28,30). The number of aromatic nitrogens is 1. The number of ether oxygens (including phenoxy) is 1. The van der Waals surface area contributed by atoms with Crippen molar-refractivity contribution >= 4 is 33.3 Å². The van der Waals surface area contributed by atoms with Crippen molar-refractivity contribution in [2.45, 2.75) is 32.1 Å². The lowest BCUT2D eigenvalue weighted by Gasteiger charge is -2.33. The number of allylic oxidation sites excluding steroid dienone is 2. The molecule has 0 saturated carbocycles. The maximum absolute atomic E-state index is 13.1. The Morgan fingerprint density at radius 3 is 2.77 bits per heavy atom. The number of nitrogens with zero attached hydrogens (tertiary/aromatic N) is 2. The Labute approximate surface area is 193 Å². The van der Waals surface area contributed by atoms with Crippen LogP contribution in [-0.2, 0) is 0 Å². The van der Waals surface area contributed by atoms with Crippen LogP contribution in [0.15, 0.2) is 66.2 Å². The molecule has 1 N–H and O–H groups in total. The van der Waals surface area contributed by atoms with Crippen molar-refractivity contribution in [3.63, 3.8) is 0 Å². The molecule has 2 aromatic rings. The molecule has 0 aliphatic carbocycles. The zero-order chi connectivity index (χ0) is 22.1. The first kappa shape index (κ1) is 23.1. The molecule has 1 saturated heterocycles. The minimum absolute atomic E-state index is 0.177. The highest BCUT2D eigenvalue weighted by atomic mass is 79.9. The van der Waals surface area contributed by atoms with E-state index in [0.717, 1.165) is 55.4 Å². The second-order valence-corrected chi connectivity index (χ2v) is 8.59. The number of halogens is 1. The lowest BCUT2D eigenvalue weighted by molar-refractivity contribution is 0.102. The first-order valence-electron chi connectivity index (χ1n) is 10.8. The number of amides is 1. The van der Waals surface area contributed by atoms with E-state index in [9.17, 15) is 4.79 Å². The van der Waals surface area contributed by atoms with Crippen molar-refractivity contribution in [3.8, 4) is 5.88 Å². The van der Waals surface area contributed by atoms with Gasteiger partial charge in [0.2, 0.25) is 5.88 Å². The van der Waals surface area contributed by atoms with Crippen LogP contribution in [-0.4, -0.2) is 30.6 Å². The fourth-order valence-corrected chi connectivity index (χ4v) is 4.00. The number of anilines is 2. The van der Waals surface area contributed by atoms with Crippen molar-refractivity contribution < 1.29 is 9.53 Å². The molecular weight excluding hydrogens is 454 g/mol. The predicted octanol–water partition coefficient (Wildman–Crippen LogP) is 6.23. The molecule has 31 heavy (non-hydrogen) atoms. The molecule has 0 unspecified atom stereocenters. The van der Waals surface area contributed by atoms with Gasteiger partial charge in [0.15, 0.2) is 0 Å². The number of nitrogens with one attached hydrogen (secondary N) is 1. The molecule has 1 aromatic carbocycles. The van der Waals surface area contributed by atoms with Crippen LogP contribution in [0.25, 0.3) is 0 Å². The largest absolute Gasteiger partial charge is 0.478 e. The predicted molar refractivity (Wildman–Crippen MR) is 131 cm³/mol. The molecule has 1 amide bonds. The van der Waals surface area contributed by atoms with Crippen LogP contribution >= 0.6 is 15.9 Å². The summed E-state index contributed by atoms with van der Waals surface area (Å²) in [6, 6.07) is 11.2. The highest BCUT2D eigenvalue weighted by Gasteiger charge is 2.22. The van der Waals surface area contributed by atoms with Gasteiger partial charge >= 0.3 is 0 Å². The molecule has 1 fully saturated rings. The number of benzene rings is 1. The van der Waals surface area contributed by atoms with Crippen molar-refractivity contribution in [2.24, 2.45) is 5.92 Å². The Morgan fingerprint density at radius 1 is 1.23 bits per heavy atom. The van der Waals surface area contributed by atoms with Gasteiger partial charge in [-0.1, -0.05) is 34.1 Å². The second-order valence-electron chi connectivity index (χ2n) is 7.67. The number of hydrogen-bond acceptors (Lipinski definition) is 4. The molecule has 6 heteroatoms. The topological polar surface area (TPSA) is 54.5 Å². The quantitative estimate of drug-likeness (QED) is 0.321. The number of carbonyl (C=O) groups excluding carboxylic acids is 1. The molecule has 1 aromatic heterocycles. The molecule has 1 aliphatic heterocycles. The Hall–Kier alpha value is -2.60. The molecule has 0 radical (unpaired) electrons. The van der Waals surface area contributed by atoms with Crippen LogP contribution in [0.5, 0.6) is 5.88 Å². The van der Waals surface area contributed by atoms with E-state index >= 15 is 0 Å². The van der Waals surface area contributed by atoms with E-state index in [-0.39, 0.29) is 5.91 Å². The SMILES string of the molecule is C=CCCCCOc1cccc(NC(=O)c2ccc(Br)cc2N2CCC(C=C)CC2)n1. The van der Waals surface area contributed by atoms with Crippen molar-refractivity contribution in [1.82, 2.24) is 4.98 Å². The Kier molecular flexibility index (Phi) is 8.71. The summed E-state index contributed by atoms with van der Waals surface area (Å²) in [5.74, 6) is 1.36. The minimum atomic E-state index is -0.177. The molecule has 1 aliphatic rings. The monoisotopic (exact) mass is 483 g/mol. The molecule has 0 atom stereocenters. The van der Waals surface area contributed by atoms with Crippen molar-refractivity contribution in [3.05, 3.63) is 71.7 Å². The maximum atomic E-state index is 13.1. The van der Waals surface area contributed by atoms with Crippen LogP contribution in [0, 0.1) is 5.92 Å². The number of hydrogen-bond donors (Lipinski definition) is 1. The molecule has 5 nitrogen and oxygen atoms in total. The van der Waals surface area contributed by atoms with Gasteiger partial charge in [-0.3, -0.25) is 4.79 Å². The van der Waals surface area contributed by atoms with Gasteiger partial charge in [0.05, 0.1) is 17.9 Å². The summed E-state index contributed by atoms with van der Waals surface area (Å²) in [5.41, 5.74) is 1.57. The van der Waals surface area contributed by atoms with E-state index in [0.29, 0.717) is 29.8 Å². The van der Waals surface area contributed by atoms with Gasteiger partial charge in [0.25, 0.3) is 5.91 Å². The van der Waals surface area contributed by atoms with E-state index in [1.54, 1.807) is 12.1 Å². The Bertz CT molecular complexity index is 907. The fourth-order valence-electron chi connectivity index (χ4n) is 3.65. The third-order valence-corrected chi connectivity index (χ3v) is 5.93. The molecular formula is C25H30BrN3O2. The average Bonchev–Trinajstić information content (AvgIpc) is 2.79. The van der Waals surface area contributed by atoms with Gasteiger partial charge in [-0.2, -0.15) is 4.98 Å². The summed E-state index contributed by atoms with van der Waals surface area (Å²) in [6.07, 6.45) is 8.99. The number of unbranched alkanes of at least 4 members (excludes halogenated alkanes) is 2. The number of piperidine rings is 1. The van der Waals surface area contributed by atoms with E-state index in [4.69, 9.17) is 4.74 Å². The fraction of sp³-hybridized carbons (Fsp3) is 0.360. The molecule has 0 spiro atoms. The summed E-state index contributed by atoms with van der Waals surface area (Å²) in [4.78, 5) is 19.8. The van der Waals surface area contributed by atoms with Crippen LogP contribution in [0.1, 0.15) is 42.5 Å². The van der Waals surface area contributed by atoms with E-state index in [1.165, 1.54) is 0 Å². The third-order valence-electron chi connectivity index (χ3n) is 5.44. The first-order valence-corrected chi connectivity index (χ1v) is 11.6. The minimum Gasteiger partial charge on any atom is -0.478 e. The van der Waals surface area contributed by atoms with Gasteiger partial charge in [-0.15, -0.1) is 13.2 Å². The van der Waals surface area contributed by atoms with Gasteiger partial charge in [-0.05, 0) is 62.3 Å². The molecule has 2 heterocycles. The smallest absolute Gasteiger partial charge is 0.258 e. The summed E-state index contributed by atoms with van der Waals surface area (Å²) in [5, 5.41) is 2.93. The highest BCUT2D eigenvalue weighted by molar-refractivity contribution is 9.10. The Balaban J connectivity index is 1.67. The maximum Gasteiger partial charge on any atom is 0.258 e. The van der Waals surface area contributed by atoms with Crippen molar-refractivity contribution in [2.75, 3.05) is 29.9 Å². The van der Waals surface area contributed by atoms with Gasteiger partial charge in [-0.25, -0.2) is 0 Å². The van der Waals surface area contributed by atoms with E-state index in [2.05, 4.69) is 44.3 Å². The zero-order valence-electron chi connectivity index (χ0n) is 17.9. The second kappa shape index (κ2) is 11.7. The Morgan fingerprint density at radius 2 is 2.03 bits per heavy atom. The lowest BCUT2D eigenvalue weighted by Crippen LogP contribution is -2.34. The van der Waals surface area contributed by atoms with Gasteiger partial charge in [0, 0.05) is 23.6 Å². The molecule has 164 valence electrons.